The standard InChI is InChI=1S/C10H14O4/c1-3-5-8-14-10(12)7-6-9(11)13-4-2/h4,6-7H,2-3,5,8H2,1H3. The summed E-state index contributed by atoms with van der Waals surface area (Å²) in [6.45, 7) is 5.56. The first-order valence-corrected chi connectivity index (χ1v) is 4.37. The van der Waals surface area contributed by atoms with Crippen molar-refractivity contribution in [3.63, 3.8) is 0 Å². The van der Waals surface area contributed by atoms with Crippen molar-refractivity contribution in [3.05, 3.63) is 25.0 Å². The fourth-order valence-corrected chi connectivity index (χ4v) is 0.623. The molecular formula is C10H14O4. The third-order valence-electron chi connectivity index (χ3n) is 1.30. The van der Waals surface area contributed by atoms with Crippen LogP contribution in [0.25, 0.3) is 0 Å². The summed E-state index contributed by atoms with van der Waals surface area (Å²) >= 11 is 0. The van der Waals surface area contributed by atoms with Gasteiger partial charge in [-0.05, 0) is 6.42 Å². The Kier molecular flexibility index (Phi) is 7.13. The first-order valence-electron chi connectivity index (χ1n) is 4.37. The average Bonchev–Trinajstić information content (AvgIpc) is 2.16. The van der Waals surface area contributed by atoms with Crippen LogP contribution >= 0.6 is 0 Å². The third-order valence-corrected chi connectivity index (χ3v) is 1.30. The van der Waals surface area contributed by atoms with Gasteiger partial charge in [-0.25, -0.2) is 9.59 Å². The molecule has 0 spiro atoms. The monoisotopic (exact) mass is 198 g/mol. The molecule has 0 aliphatic rings. The van der Waals surface area contributed by atoms with Crippen LogP contribution in [0, 0.1) is 0 Å². The molecule has 0 aromatic heterocycles. The predicted molar refractivity (Wildman–Crippen MR) is 51.3 cm³/mol. The van der Waals surface area contributed by atoms with Gasteiger partial charge in [0, 0.05) is 12.2 Å². The molecule has 0 aromatic carbocycles. The van der Waals surface area contributed by atoms with Crippen LogP contribution < -0.4 is 0 Å². The van der Waals surface area contributed by atoms with Crippen molar-refractivity contribution in [1.29, 1.82) is 0 Å². The average molecular weight is 198 g/mol. The van der Waals surface area contributed by atoms with E-state index in [0.717, 1.165) is 31.3 Å². The first-order chi connectivity index (χ1) is 6.70. The topological polar surface area (TPSA) is 52.6 Å². The van der Waals surface area contributed by atoms with Gasteiger partial charge in [-0.1, -0.05) is 19.9 Å². The van der Waals surface area contributed by atoms with E-state index in [2.05, 4.69) is 11.3 Å². The highest BCUT2D eigenvalue weighted by molar-refractivity contribution is 5.91. The Morgan fingerprint density at radius 1 is 1.29 bits per heavy atom. The molecule has 0 aromatic rings. The second-order valence-corrected chi connectivity index (χ2v) is 2.46. The lowest BCUT2D eigenvalue weighted by Gasteiger charge is -1.98. The van der Waals surface area contributed by atoms with Gasteiger partial charge in [-0.3, -0.25) is 0 Å². The molecular weight excluding hydrogens is 184 g/mol. The first kappa shape index (κ1) is 12.4. The fraction of sp³-hybridized carbons (Fsp3) is 0.400. The van der Waals surface area contributed by atoms with E-state index in [1.54, 1.807) is 0 Å². The van der Waals surface area contributed by atoms with Crippen molar-refractivity contribution in [2.75, 3.05) is 6.61 Å². The minimum atomic E-state index is -0.646. The molecule has 0 aliphatic carbocycles. The zero-order chi connectivity index (χ0) is 10.8. The van der Waals surface area contributed by atoms with E-state index in [1.165, 1.54) is 0 Å². The van der Waals surface area contributed by atoms with Crippen molar-refractivity contribution in [1.82, 2.24) is 0 Å². The number of carbonyl (C=O) groups excluding carboxylic acids is 2. The number of unbranched alkanes of at least 4 members (excludes halogenated alkanes) is 1. The molecule has 0 bridgehead atoms. The van der Waals surface area contributed by atoms with Gasteiger partial charge in [0.15, 0.2) is 0 Å². The highest BCUT2D eigenvalue weighted by Crippen LogP contribution is 1.90. The number of rotatable bonds is 6. The van der Waals surface area contributed by atoms with Gasteiger partial charge in [0.2, 0.25) is 0 Å². The minimum Gasteiger partial charge on any atom is -0.463 e. The van der Waals surface area contributed by atoms with E-state index in [-0.39, 0.29) is 0 Å². The van der Waals surface area contributed by atoms with E-state index in [9.17, 15) is 9.59 Å². The van der Waals surface area contributed by atoms with E-state index < -0.39 is 11.9 Å². The summed E-state index contributed by atoms with van der Waals surface area (Å²) in [6.07, 6.45) is 4.79. The maximum Gasteiger partial charge on any atom is 0.335 e. The second-order valence-electron chi connectivity index (χ2n) is 2.46. The molecule has 0 heterocycles. The smallest absolute Gasteiger partial charge is 0.335 e. The van der Waals surface area contributed by atoms with Gasteiger partial charge in [0.25, 0.3) is 0 Å². The summed E-state index contributed by atoms with van der Waals surface area (Å²) < 4.78 is 9.10. The lowest BCUT2D eigenvalue weighted by molar-refractivity contribution is -0.138. The third kappa shape index (κ3) is 7.09. The maximum atomic E-state index is 10.9. The number of esters is 2. The number of hydrogen-bond donors (Lipinski definition) is 0. The zero-order valence-electron chi connectivity index (χ0n) is 8.19. The van der Waals surface area contributed by atoms with Crippen LogP contribution in [0.5, 0.6) is 0 Å². The molecule has 0 N–H and O–H groups in total. The van der Waals surface area contributed by atoms with Crippen LogP contribution in [-0.2, 0) is 19.1 Å². The highest BCUT2D eigenvalue weighted by atomic mass is 16.5. The van der Waals surface area contributed by atoms with Crippen LogP contribution in [0.4, 0.5) is 0 Å². The van der Waals surface area contributed by atoms with Crippen molar-refractivity contribution >= 4 is 11.9 Å². The van der Waals surface area contributed by atoms with Crippen LogP contribution in [0.1, 0.15) is 19.8 Å². The Bertz CT molecular complexity index is 230. The molecule has 0 unspecified atom stereocenters. The van der Waals surface area contributed by atoms with E-state index in [1.807, 2.05) is 6.92 Å². The minimum absolute atomic E-state index is 0.371. The summed E-state index contributed by atoms with van der Waals surface area (Å²) in [5, 5.41) is 0. The van der Waals surface area contributed by atoms with Crippen molar-refractivity contribution in [3.8, 4) is 0 Å². The quantitative estimate of drug-likeness (QED) is 0.281. The van der Waals surface area contributed by atoms with Gasteiger partial charge in [-0.15, -0.1) is 0 Å². The Morgan fingerprint density at radius 3 is 2.50 bits per heavy atom. The van der Waals surface area contributed by atoms with Crippen LogP contribution in [0.2, 0.25) is 0 Å². The lowest BCUT2D eigenvalue weighted by Crippen LogP contribution is -2.03. The SMILES string of the molecule is C=COC(=O)C=CC(=O)OCCCC. The molecule has 0 amide bonds. The van der Waals surface area contributed by atoms with Crippen LogP contribution in [-0.4, -0.2) is 18.5 Å². The van der Waals surface area contributed by atoms with Gasteiger partial charge in [-0.2, -0.15) is 0 Å². The molecule has 14 heavy (non-hydrogen) atoms. The summed E-state index contributed by atoms with van der Waals surface area (Å²) in [7, 11) is 0. The highest BCUT2D eigenvalue weighted by Gasteiger charge is 1.98. The molecule has 0 fully saturated rings. The van der Waals surface area contributed by atoms with Gasteiger partial charge in [0.05, 0.1) is 12.9 Å². The van der Waals surface area contributed by atoms with Crippen molar-refractivity contribution < 1.29 is 19.1 Å². The van der Waals surface area contributed by atoms with Crippen LogP contribution in [0.3, 0.4) is 0 Å². The number of hydrogen-bond acceptors (Lipinski definition) is 4. The molecule has 0 saturated carbocycles. The predicted octanol–water partition coefficient (Wildman–Crippen LogP) is 1.57. The van der Waals surface area contributed by atoms with Gasteiger partial charge in [0.1, 0.15) is 0 Å². The fourth-order valence-electron chi connectivity index (χ4n) is 0.623. The second kappa shape index (κ2) is 8.04. The van der Waals surface area contributed by atoms with Crippen LogP contribution in [0.15, 0.2) is 25.0 Å². The largest absolute Gasteiger partial charge is 0.463 e. The van der Waals surface area contributed by atoms with Gasteiger partial charge >= 0.3 is 11.9 Å². The lowest BCUT2D eigenvalue weighted by atomic mass is 10.4. The Labute approximate surface area is 83.2 Å². The number of carbonyl (C=O) groups is 2. The molecule has 0 rings (SSSR count). The molecule has 0 atom stereocenters. The summed E-state index contributed by atoms with van der Waals surface area (Å²) in [5.74, 6) is -1.19. The normalized spacial score (nSPS) is 9.79. The van der Waals surface area contributed by atoms with E-state index in [4.69, 9.17) is 4.74 Å². The Morgan fingerprint density at radius 2 is 1.93 bits per heavy atom. The molecule has 4 nitrogen and oxygen atoms in total. The Balaban J connectivity index is 3.69. The molecule has 78 valence electrons. The molecule has 4 heteroatoms. The van der Waals surface area contributed by atoms with E-state index in [0.29, 0.717) is 6.61 Å². The zero-order valence-corrected chi connectivity index (χ0v) is 8.19. The molecule has 0 aliphatic heterocycles. The maximum absolute atomic E-state index is 10.9. The van der Waals surface area contributed by atoms with Crippen molar-refractivity contribution in [2.45, 2.75) is 19.8 Å². The Hall–Kier alpha value is -1.58. The number of ether oxygens (including phenoxy) is 2. The van der Waals surface area contributed by atoms with Gasteiger partial charge < -0.3 is 9.47 Å². The molecule has 0 radical (unpaired) electrons. The summed E-state index contributed by atoms with van der Waals surface area (Å²) in [6, 6.07) is 0. The van der Waals surface area contributed by atoms with Crippen molar-refractivity contribution in [2.24, 2.45) is 0 Å². The van der Waals surface area contributed by atoms with E-state index >= 15 is 0 Å². The summed E-state index contributed by atoms with van der Waals surface area (Å²) in [4.78, 5) is 21.6. The molecule has 0 saturated heterocycles. The summed E-state index contributed by atoms with van der Waals surface area (Å²) in [5.41, 5.74) is 0.